The molecule has 0 spiro atoms. The second kappa shape index (κ2) is 15.9. The molecule has 12 nitrogen and oxygen atoms in total. The first-order chi connectivity index (χ1) is 24.4. The van der Waals surface area contributed by atoms with Crippen molar-refractivity contribution in [1.29, 1.82) is 0 Å². The third-order valence-corrected chi connectivity index (χ3v) is 6.84. The van der Waals surface area contributed by atoms with Crippen LogP contribution in [0.4, 0.5) is 32.0 Å². The molecular formula is C34H23F6N3O9. The maximum Gasteiger partial charge on any atom is 0.416 e. The molecule has 0 fully saturated rings. The van der Waals surface area contributed by atoms with Crippen LogP contribution in [0.25, 0.3) is 0 Å². The summed E-state index contributed by atoms with van der Waals surface area (Å²) in [6, 6.07) is 18.2. The van der Waals surface area contributed by atoms with Crippen molar-refractivity contribution in [3.8, 4) is 0 Å². The summed E-state index contributed by atoms with van der Waals surface area (Å²) < 4.78 is 89.0. The number of esters is 2. The van der Waals surface area contributed by atoms with E-state index in [0.29, 0.717) is 29.8 Å². The number of hydrogen-bond donors (Lipinski definition) is 4. The van der Waals surface area contributed by atoms with Gasteiger partial charge in [0, 0.05) is 16.8 Å². The van der Waals surface area contributed by atoms with Crippen LogP contribution in [0.3, 0.4) is 0 Å². The van der Waals surface area contributed by atoms with Gasteiger partial charge in [0.15, 0.2) is 0 Å². The fraction of sp³-hybridized carbons (Fsp3) is 0.118. The number of nitrogens with one attached hydrogen (secondary N) is 3. The monoisotopic (exact) mass is 731 g/mol. The number of carboxylic acids is 1. The van der Waals surface area contributed by atoms with E-state index >= 15 is 0 Å². The zero-order valence-corrected chi connectivity index (χ0v) is 26.0. The van der Waals surface area contributed by atoms with Crippen LogP contribution in [0.2, 0.25) is 0 Å². The molecule has 4 N–H and O–H groups in total. The lowest BCUT2D eigenvalue weighted by molar-refractivity contribution is -0.159. The van der Waals surface area contributed by atoms with Crippen molar-refractivity contribution in [3.63, 3.8) is 0 Å². The van der Waals surface area contributed by atoms with Crippen LogP contribution < -0.4 is 16.2 Å². The molecule has 2 atom stereocenters. The Morgan fingerprint density at radius 1 is 0.538 bits per heavy atom. The third-order valence-electron chi connectivity index (χ3n) is 6.84. The molecule has 4 aromatic carbocycles. The summed E-state index contributed by atoms with van der Waals surface area (Å²) in [4.78, 5) is 76.2. The quantitative estimate of drug-likeness (QED) is 0.0961. The number of hydrogen-bond acceptors (Lipinski definition) is 8. The number of rotatable bonds is 10. The lowest BCUT2D eigenvalue weighted by Crippen LogP contribution is -2.54. The molecule has 0 saturated heterocycles. The van der Waals surface area contributed by atoms with Gasteiger partial charge < -0.3 is 19.9 Å². The van der Waals surface area contributed by atoms with Gasteiger partial charge in [0.25, 0.3) is 17.7 Å². The molecular weight excluding hydrogens is 708 g/mol. The van der Waals surface area contributed by atoms with E-state index in [4.69, 9.17) is 9.47 Å². The highest BCUT2D eigenvalue weighted by atomic mass is 19.4. The first kappa shape index (κ1) is 38.1. The highest BCUT2D eigenvalue weighted by molar-refractivity contribution is 6.04. The zero-order chi connectivity index (χ0) is 38.2. The topological polar surface area (TPSA) is 177 Å². The Kier molecular flexibility index (Phi) is 11.6. The van der Waals surface area contributed by atoms with Gasteiger partial charge in [-0.1, -0.05) is 30.3 Å². The molecule has 0 saturated carbocycles. The molecule has 0 aromatic heterocycles. The fourth-order valence-electron chi connectivity index (χ4n) is 4.27. The lowest BCUT2D eigenvalue weighted by Gasteiger charge is -2.24. The Labute approximate surface area is 288 Å². The zero-order valence-electron chi connectivity index (χ0n) is 26.0. The first-order valence-corrected chi connectivity index (χ1v) is 14.5. The Morgan fingerprint density at radius 3 is 1.48 bits per heavy atom. The highest BCUT2D eigenvalue weighted by Gasteiger charge is 2.42. The number of halogens is 6. The van der Waals surface area contributed by atoms with Gasteiger partial charge in [-0.2, -0.15) is 26.3 Å². The summed E-state index contributed by atoms with van der Waals surface area (Å²) in [5.74, 6) is -8.83. The van der Waals surface area contributed by atoms with E-state index in [9.17, 15) is 60.2 Å². The van der Waals surface area contributed by atoms with E-state index in [-0.39, 0.29) is 11.3 Å². The van der Waals surface area contributed by atoms with E-state index < -0.39 is 82.4 Å². The fourth-order valence-corrected chi connectivity index (χ4v) is 4.27. The summed E-state index contributed by atoms with van der Waals surface area (Å²) in [5, 5.41) is 12.4. The molecule has 4 aromatic rings. The van der Waals surface area contributed by atoms with Gasteiger partial charge in [0.2, 0.25) is 12.2 Å². The van der Waals surface area contributed by atoms with Gasteiger partial charge in [-0.15, -0.1) is 0 Å². The Bertz CT molecular complexity index is 1990. The molecule has 0 heterocycles. The summed E-state index contributed by atoms with van der Waals surface area (Å²) >= 11 is 0. The Morgan fingerprint density at radius 2 is 1.00 bits per heavy atom. The maximum atomic E-state index is 13.2. The first-order valence-electron chi connectivity index (χ1n) is 14.5. The van der Waals surface area contributed by atoms with E-state index in [1.807, 2.05) is 5.43 Å². The van der Waals surface area contributed by atoms with Crippen molar-refractivity contribution in [2.45, 2.75) is 24.6 Å². The number of anilines is 1. The summed E-state index contributed by atoms with van der Waals surface area (Å²) in [6.45, 7) is 0. The van der Waals surface area contributed by atoms with Crippen LogP contribution in [0, 0.1) is 0 Å². The Balaban J connectivity index is 1.55. The molecule has 52 heavy (non-hydrogen) atoms. The summed E-state index contributed by atoms with van der Waals surface area (Å²) in [6.07, 6.45) is -15.4. The third kappa shape index (κ3) is 9.93. The van der Waals surface area contributed by atoms with Crippen LogP contribution in [0.15, 0.2) is 103 Å². The standard InChI is InChI=1S/C34H23F6N3O9/c35-33(36,37)22-10-4-8-20(16-22)31(49)51-25(26(30(47)48)52-32(50)21-9-5-11-23(17-21)34(38,39)40)29(46)43-42-28(45)19-12-14-24(15-13-19)41-27(44)18-6-2-1-3-7-18/h1-17,25-26H,(H,41,44)(H,42,45)(H,43,46)(H,47,48)/t25-,26-/m0/s1. The summed E-state index contributed by atoms with van der Waals surface area (Å²) in [7, 11) is 0. The molecule has 18 heteroatoms. The van der Waals surface area contributed by atoms with E-state index in [2.05, 4.69) is 5.32 Å². The van der Waals surface area contributed by atoms with Gasteiger partial charge in [-0.25, -0.2) is 14.4 Å². The predicted molar refractivity (Wildman–Crippen MR) is 165 cm³/mol. The molecule has 3 amide bonds. The molecule has 270 valence electrons. The SMILES string of the molecule is O=C(NNC(=O)[C@@H](OC(=O)c1cccc(C(F)(F)F)c1)[C@H](OC(=O)c1cccc(C(F)(F)F)c1)C(=O)O)c1ccc(NC(=O)c2ccccc2)cc1. The van der Waals surface area contributed by atoms with Crippen LogP contribution in [0.1, 0.15) is 52.6 Å². The van der Waals surface area contributed by atoms with Crippen molar-refractivity contribution in [2.75, 3.05) is 5.32 Å². The van der Waals surface area contributed by atoms with Crippen molar-refractivity contribution < 1.29 is 69.7 Å². The molecule has 0 aliphatic heterocycles. The van der Waals surface area contributed by atoms with Gasteiger partial charge in [-0.05, 0) is 72.8 Å². The van der Waals surface area contributed by atoms with Crippen LogP contribution in [-0.4, -0.2) is 52.9 Å². The van der Waals surface area contributed by atoms with Gasteiger partial charge in [0.1, 0.15) is 0 Å². The average Bonchev–Trinajstić information content (AvgIpc) is 3.11. The molecule has 0 aliphatic rings. The van der Waals surface area contributed by atoms with Crippen molar-refractivity contribution in [2.24, 2.45) is 0 Å². The molecule has 0 aliphatic carbocycles. The van der Waals surface area contributed by atoms with Crippen LogP contribution >= 0.6 is 0 Å². The highest BCUT2D eigenvalue weighted by Crippen LogP contribution is 2.31. The lowest BCUT2D eigenvalue weighted by atomic mass is 10.1. The van der Waals surface area contributed by atoms with E-state index in [0.717, 1.165) is 24.3 Å². The van der Waals surface area contributed by atoms with Crippen LogP contribution in [0.5, 0.6) is 0 Å². The van der Waals surface area contributed by atoms with Crippen molar-refractivity contribution in [3.05, 3.63) is 137 Å². The van der Waals surface area contributed by atoms with Gasteiger partial charge >= 0.3 is 30.3 Å². The molecule has 0 bridgehead atoms. The minimum absolute atomic E-state index is 0.138. The smallest absolute Gasteiger partial charge is 0.416 e. The Hall–Kier alpha value is -6.72. The van der Waals surface area contributed by atoms with Crippen molar-refractivity contribution >= 4 is 41.3 Å². The van der Waals surface area contributed by atoms with Crippen molar-refractivity contribution in [1.82, 2.24) is 10.9 Å². The minimum atomic E-state index is -4.94. The number of alkyl halides is 6. The average molecular weight is 732 g/mol. The molecule has 0 unspecified atom stereocenters. The predicted octanol–water partition coefficient (Wildman–Crippen LogP) is 5.27. The second-order valence-electron chi connectivity index (χ2n) is 10.5. The normalized spacial score (nSPS) is 12.4. The minimum Gasteiger partial charge on any atom is -0.478 e. The largest absolute Gasteiger partial charge is 0.478 e. The summed E-state index contributed by atoms with van der Waals surface area (Å²) in [5.41, 5.74) is -0.206. The molecule has 4 rings (SSSR count). The molecule has 0 radical (unpaired) electrons. The number of carbonyl (C=O) groups is 6. The maximum absolute atomic E-state index is 13.2. The van der Waals surface area contributed by atoms with E-state index in [1.165, 1.54) is 24.3 Å². The number of benzene rings is 4. The number of hydrazine groups is 1. The number of amides is 3. The second-order valence-corrected chi connectivity index (χ2v) is 10.5. The van der Waals surface area contributed by atoms with Gasteiger partial charge in [0.05, 0.1) is 22.3 Å². The van der Waals surface area contributed by atoms with Gasteiger partial charge in [-0.3, -0.25) is 25.2 Å². The number of aliphatic carboxylic acids is 1. The van der Waals surface area contributed by atoms with Crippen LogP contribution in [-0.2, 0) is 31.4 Å². The van der Waals surface area contributed by atoms with E-state index in [1.54, 1.807) is 35.8 Å². The number of carbonyl (C=O) groups excluding carboxylic acids is 5. The number of carboxylic acid groups (broad SMARTS) is 1. The number of ether oxygens (including phenoxy) is 2.